The zero-order valence-corrected chi connectivity index (χ0v) is 17.3. The molecule has 0 bridgehead atoms. The number of carbonyl (C=O) groups excluding carboxylic acids is 2. The molecule has 3 aromatic rings. The van der Waals surface area contributed by atoms with Gasteiger partial charge in [0, 0.05) is 34.9 Å². The van der Waals surface area contributed by atoms with Crippen molar-refractivity contribution in [3.05, 3.63) is 77.6 Å². The van der Waals surface area contributed by atoms with Crippen LogP contribution in [-0.4, -0.2) is 34.5 Å². The summed E-state index contributed by atoms with van der Waals surface area (Å²) in [5.74, 6) is -0.642. The maximum Gasteiger partial charge on any atom is 0.405 e. The van der Waals surface area contributed by atoms with Crippen LogP contribution in [-0.2, 0) is 0 Å². The molecule has 170 valence electrons. The van der Waals surface area contributed by atoms with E-state index in [0.717, 1.165) is 24.1 Å². The summed E-state index contributed by atoms with van der Waals surface area (Å²) in [6, 6.07) is 13.1. The van der Waals surface area contributed by atoms with E-state index in [4.69, 9.17) is 0 Å². The number of alkyl halides is 3. The number of hydrogen-bond acceptors (Lipinski definition) is 5. The third kappa shape index (κ3) is 6.06. The number of carbonyl (C=O) groups is 2. The summed E-state index contributed by atoms with van der Waals surface area (Å²) in [6.07, 6.45) is 0.555. The molecule has 4 rings (SSSR count). The van der Waals surface area contributed by atoms with Crippen molar-refractivity contribution in [2.24, 2.45) is 0 Å². The highest BCUT2D eigenvalue weighted by Gasteiger charge is 2.28. The molecule has 0 spiro atoms. The van der Waals surface area contributed by atoms with Crippen LogP contribution >= 0.6 is 0 Å². The highest BCUT2D eigenvalue weighted by atomic mass is 19.4. The van der Waals surface area contributed by atoms with Crippen molar-refractivity contribution in [2.45, 2.75) is 24.9 Å². The van der Waals surface area contributed by atoms with E-state index >= 15 is 0 Å². The Morgan fingerprint density at radius 3 is 2.36 bits per heavy atom. The number of benzene rings is 2. The van der Waals surface area contributed by atoms with E-state index in [1.807, 2.05) is 5.32 Å². The molecule has 0 saturated heterocycles. The lowest BCUT2D eigenvalue weighted by molar-refractivity contribution is -0.123. The van der Waals surface area contributed by atoms with E-state index < -0.39 is 18.6 Å². The number of hydrogen-bond donors (Lipinski definition) is 3. The summed E-state index contributed by atoms with van der Waals surface area (Å²) in [5.41, 5.74) is 2.82. The largest absolute Gasteiger partial charge is 0.405 e. The second-order valence-corrected chi connectivity index (χ2v) is 7.61. The van der Waals surface area contributed by atoms with Gasteiger partial charge in [0.2, 0.25) is 5.95 Å². The standard InChI is InChI=1S/C23H20F3N5O2/c24-23(25,26)13-29-20(32)15-3-1-4-17(11-15)30-19-8-7-16(12-18(19)14-5-6-14)21(33)31-22-27-9-2-10-28-22/h1-4,7-12,14,30H,5-6,13H2,(H,29,32)(H,27,28,31,33). The van der Waals surface area contributed by atoms with E-state index in [9.17, 15) is 22.8 Å². The normalized spacial score (nSPS) is 13.3. The SMILES string of the molecule is O=C(NCC(F)(F)F)c1cccc(Nc2ccc(C(=O)Nc3ncccn3)cc2C2CC2)c1. The molecular weight excluding hydrogens is 435 g/mol. The molecule has 0 aliphatic heterocycles. The Balaban J connectivity index is 1.50. The highest BCUT2D eigenvalue weighted by molar-refractivity contribution is 6.03. The van der Waals surface area contributed by atoms with Gasteiger partial charge in [-0.15, -0.1) is 0 Å². The van der Waals surface area contributed by atoms with Gasteiger partial charge >= 0.3 is 6.18 Å². The minimum Gasteiger partial charge on any atom is -0.355 e. The summed E-state index contributed by atoms with van der Waals surface area (Å²) in [4.78, 5) is 32.6. The zero-order valence-electron chi connectivity index (χ0n) is 17.3. The molecule has 2 amide bonds. The fraction of sp³-hybridized carbons (Fsp3) is 0.217. The van der Waals surface area contributed by atoms with Crippen LogP contribution in [0.3, 0.4) is 0 Å². The zero-order chi connectivity index (χ0) is 23.4. The van der Waals surface area contributed by atoms with Crippen LogP contribution in [0.25, 0.3) is 0 Å². The number of anilines is 3. The van der Waals surface area contributed by atoms with Crippen LogP contribution < -0.4 is 16.0 Å². The Bertz CT molecular complexity index is 1160. The van der Waals surface area contributed by atoms with Crippen molar-refractivity contribution in [3.8, 4) is 0 Å². The second kappa shape index (κ2) is 9.27. The molecule has 1 fully saturated rings. The number of halogens is 3. The first kappa shape index (κ1) is 22.3. The predicted octanol–water partition coefficient (Wildman–Crippen LogP) is 4.64. The first-order valence-corrected chi connectivity index (χ1v) is 10.2. The van der Waals surface area contributed by atoms with Gasteiger partial charge in [0.05, 0.1) is 0 Å². The van der Waals surface area contributed by atoms with Crippen LogP contribution in [0.15, 0.2) is 60.9 Å². The molecule has 1 saturated carbocycles. The van der Waals surface area contributed by atoms with Crippen LogP contribution in [0.4, 0.5) is 30.5 Å². The van der Waals surface area contributed by atoms with Gasteiger partial charge in [-0.1, -0.05) is 6.07 Å². The van der Waals surface area contributed by atoms with Crippen LogP contribution in [0, 0.1) is 0 Å². The van der Waals surface area contributed by atoms with Crippen molar-refractivity contribution in [3.63, 3.8) is 0 Å². The van der Waals surface area contributed by atoms with Gasteiger partial charge in [-0.3, -0.25) is 14.9 Å². The van der Waals surface area contributed by atoms with Crippen molar-refractivity contribution in [1.82, 2.24) is 15.3 Å². The Kier molecular flexibility index (Phi) is 6.25. The number of rotatable bonds is 7. The number of aromatic nitrogens is 2. The van der Waals surface area contributed by atoms with Gasteiger partial charge in [0.15, 0.2) is 0 Å². The lowest BCUT2D eigenvalue weighted by atomic mass is 10.0. The molecule has 0 radical (unpaired) electrons. The molecule has 33 heavy (non-hydrogen) atoms. The van der Waals surface area contributed by atoms with E-state index in [0.29, 0.717) is 17.2 Å². The Hall–Kier alpha value is -3.95. The average Bonchev–Trinajstić information content (AvgIpc) is 3.63. The molecule has 1 aliphatic rings. The predicted molar refractivity (Wildman–Crippen MR) is 117 cm³/mol. The summed E-state index contributed by atoms with van der Waals surface area (Å²) in [6.45, 7) is -1.40. The second-order valence-electron chi connectivity index (χ2n) is 7.61. The summed E-state index contributed by atoms with van der Waals surface area (Å²) in [7, 11) is 0. The molecule has 7 nitrogen and oxygen atoms in total. The summed E-state index contributed by atoms with van der Waals surface area (Å²) < 4.78 is 37.1. The lowest BCUT2D eigenvalue weighted by Crippen LogP contribution is -2.33. The Labute approximate surface area is 187 Å². The van der Waals surface area contributed by atoms with Gasteiger partial charge < -0.3 is 10.6 Å². The third-order valence-corrected chi connectivity index (χ3v) is 4.98. The topological polar surface area (TPSA) is 96.0 Å². The van der Waals surface area contributed by atoms with Crippen LogP contribution in [0.5, 0.6) is 0 Å². The van der Waals surface area contributed by atoms with Crippen molar-refractivity contribution >= 4 is 29.1 Å². The van der Waals surface area contributed by atoms with Crippen molar-refractivity contribution in [1.29, 1.82) is 0 Å². The third-order valence-electron chi connectivity index (χ3n) is 4.98. The Morgan fingerprint density at radius 2 is 1.67 bits per heavy atom. The first-order chi connectivity index (χ1) is 15.8. The lowest BCUT2D eigenvalue weighted by Gasteiger charge is -2.14. The average molecular weight is 455 g/mol. The van der Waals surface area contributed by atoms with Gasteiger partial charge in [-0.25, -0.2) is 9.97 Å². The van der Waals surface area contributed by atoms with Crippen LogP contribution in [0.1, 0.15) is 45.0 Å². The maximum atomic E-state index is 12.6. The van der Waals surface area contributed by atoms with Gasteiger partial charge in [0.25, 0.3) is 11.8 Å². The molecule has 10 heteroatoms. The first-order valence-electron chi connectivity index (χ1n) is 10.2. The molecule has 2 aromatic carbocycles. The Morgan fingerprint density at radius 1 is 0.939 bits per heavy atom. The monoisotopic (exact) mass is 455 g/mol. The minimum atomic E-state index is -4.48. The van der Waals surface area contributed by atoms with Crippen LogP contribution in [0.2, 0.25) is 0 Å². The molecule has 3 N–H and O–H groups in total. The van der Waals surface area contributed by atoms with Crippen molar-refractivity contribution < 1.29 is 22.8 Å². The van der Waals surface area contributed by atoms with E-state index in [1.54, 1.807) is 36.4 Å². The maximum absolute atomic E-state index is 12.6. The molecule has 1 aliphatic carbocycles. The van der Waals surface area contributed by atoms with Gasteiger partial charge in [-0.05, 0) is 66.8 Å². The summed E-state index contributed by atoms with van der Waals surface area (Å²) in [5, 5.41) is 7.73. The highest BCUT2D eigenvalue weighted by Crippen LogP contribution is 2.44. The van der Waals surface area contributed by atoms with Crippen molar-refractivity contribution in [2.75, 3.05) is 17.2 Å². The van der Waals surface area contributed by atoms with Gasteiger partial charge in [0.1, 0.15) is 6.54 Å². The van der Waals surface area contributed by atoms with E-state index in [-0.39, 0.29) is 17.4 Å². The number of nitrogens with zero attached hydrogens (tertiary/aromatic N) is 2. The summed E-state index contributed by atoms with van der Waals surface area (Å²) >= 11 is 0. The smallest absolute Gasteiger partial charge is 0.355 e. The number of nitrogens with one attached hydrogen (secondary N) is 3. The molecule has 1 aromatic heterocycles. The molecule has 0 atom stereocenters. The number of amides is 2. The minimum absolute atomic E-state index is 0.107. The van der Waals surface area contributed by atoms with E-state index in [2.05, 4.69) is 20.6 Å². The molecule has 0 unspecified atom stereocenters. The van der Waals surface area contributed by atoms with E-state index in [1.165, 1.54) is 24.5 Å². The molecule has 1 heterocycles. The molecular formula is C23H20F3N5O2. The van der Waals surface area contributed by atoms with Gasteiger partial charge in [-0.2, -0.15) is 13.2 Å². The fourth-order valence-electron chi connectivity index (χ4n) is 3.26. The quantitative estimate of drug-likeness (QED) is 0.482. The fourth-order valence-corrected chi connectivity index (χ4v) is 3.26.